The van der Waals surface area contributed by atoms with Gasteiger partial charge in [-0.1, -0.05) is 11.6 Å². The van der Waals surface area contributed by atoms with Gasteiger partial charge in [0.05, 0.1) is 16.3 Å². The van der Waals surface area contributed by atoms with E-state index in [0.717, 1.165) is 23.1 Å². The summed E-state index contributed by atoms with van der Waals surface area (Å²) in [5.74, 6) is -0.664. The van der Waals surface area contributed by atoms with Gasteiger partial charge in [0, 0.05) is 18.3 Å². The molecule has 1 aliphatic heterocycles. The van der Waals surface area contributed by atoms with Crippen LogP contribution in [0.2, 0.25) is 5.02 Å². The van der Waals surface area contributed by atoms with Crippen molar-refractivity contribution in [1.82, 2.24) is 0 Å². The number of alkyl halides is 5. The zero-order valence-corrected chi connectivity index (χ0v) is 12.2. The highest BCUT2D eigenvalue weighted by atomic mass is 35.5. The molecule has 1 heterocycles. The molecule has 0 radical (unpaired) electrons. The Hall–Kier alpha value is -0.650. The highest BCUT2D eigenvalue weighted by Gasteiger charge is 2.41. The summed E-state index contributed by atoms with van der Waals surface area (Å²) in [6.45, 7) is 0.150. The van der Waals surface area contributed by atoms with Crippen LogP contribution in [0.4, 0.5) is 18.9 Å². The molecule has 0 bridgehead atoms. The van der Waals surface area contributed by atoms with Gasteiger partial charge >= 0.3 is 6.18 Å². The molecule has 110 valence electrons. The Morgan fingerprint density at radius 3 is 2.50 bits per heavy atom. The van der Waals surface area contributed by atoms with Crippen LogP contribution in [0.15, 0.2) is 18.2 Å². The zero-order valence-electron chi connectivity index (χ0n) is 9.92. The zero-order chi connectivity index (χ0) is 15.1. The first-order chi connectivity index (χ1) is 9.25. The minimum atomic E-state index is -4.51. The molecule has 0 saturated carbocycles. The van der Waals surface area contributed by atoms with E-state index in [1.54, 1.807) is 0 Å². The lowest BCUT2D eigenvalue weighted by Gasteiger charge is -2.19. The molecule has 8 heteroatoms. The number of carbonyl (C=O) groups is 1. The van der Waals surface area contributed by atoms with Gasteiger partial charge in [0.15, 0.2) is 0 Å². The fraction of sp³-hybridized carbons (Fsp3) is 0.417. The van der Waals surface area contributed by atoms with Gasteiger partial charge in [-0.3, -0.25) is 4.79 Å². The number of benzene rings is 1. The van der Waals surface area contributed by atoms with Crippen LogP contribution in [0.25, 0.3) is 0 Å². The summed E-state index contributed by atoms with van der Waals surface area (Å²) in [4.78, 5) is 13.1. The van der Waals surface area contributed by atoms with Crippen LogP contribution in [-0.2, 0) is 11.0 Å². The second-order valence-electron chi connectivity index (χ2n) is 4.43. The van der Waals surface area contributed by atoms with E-state index in [4.69, 9.17) is 34.8 Å². The van der Waals surface area contributed by atoms with E-state index in [-0.39, 0.29) is 29.1 Å². The van der Waals surface area contributed by atoms with E-state index in [9.17, 15) is 18.0 Å². The van der Waals surface area contributed by atoms with Crippen LogP contribution >= 0.6 is 34.8 Å². The molecule has 2 atom stereocenters. The highest BCUT2D eigenvalue weighted by Crippen LogP contribution is 2.38. The van der Waals surface area contributed by atoms with Crippen LogP contribution in [0.1, 0.15) is 5.56 Å². The topological polar surface area (TPSA) is 20.3 Å². The summed E-state index contributed by atoms with van der Waals surface area (Å²) in [6, 6.07) is 2.83. The lowest BCUT2D eigenvalue weighted by atomic mass is 10.1. The second-order valence-corrected chi connectivity index (χ2v) is 5.61. The molecular formula is C12H9Cl3F3NO. The molecule has 1 saturated heterocycles. The van der Waals surface area contributed by atoms with E-state index >= 15 is 0 Å². The van der Waals surface area contributed by atoms with Gasteiger partial charge < -0.3 is 4.90 Å². The summed E-state index contributed by atoms with van der Waals surface area (Å²) >= 11 is 17.5. The van der Waals surface area contributed by atoms with E-state index in [1.165, 1.54) is 0 Å². The Labute approximate surface area is 128 Å². The Kier molecular flexibility index (Phi) is 4.42. The van der Waals surface area contributed by atoms with Crippen molar-refractivity contribution in [2.75, 3.05) is 17.3 Å². The molecule has 0 aromatic heterocycles. The Morgan fingerprint density at radius 1 is 1.35 bits per heavy atom. The van der Waals surface area contributed by atoms with E-state index < -0.39 is 23.0 Å². The summed E-state index contributed by atoms with van der Waals surface area (Å²) in [5.41, 5.74) is -0.866. The fourth-order valence-corrected chi connectivity index (χ4v) is 2.88. The number of nitrogens with zero attached hydrogens (tertiary/aromatic N) is 1. The number of amides is 1. The van der Waals surface area contributed by atoms with E-state index in [2.05, 4.69) is 0 Å². The van der Waals surface area contributed by atoms with Gasteiger partial charge in [0.2, 0.25) is 5.91 Å². The number of hydrogen-bond acceptors (Lipinski definition) is 1. The Morgan fingerprint density at radius 2 is 2.00 bits per heavy atom. The summed E-state index contributed by atoms with van der Waals surface area (Å²) in [6.07, 6.45) is -4.51. The number of rotatable bonds is 2. The van der Waals surface area contributed by atoms with E-state index in [1.807, 2.05) is 0 Å². The van der Waals surface area contributed by atoms with Gasteiger partial charge in [0.1, 0.15) is 5.38 Å². The third-order valence-electron chi connectivity index (χ3n) is 3.10. The molecule has 2 unspecified atom stereocenters. The number of carbonyl (C=O) groups excluding carboxylic acids is 1. The van der Waals surface area contributed by atoms with Crippen LogP contribution in [-0.4, -0.2) is 23.7 Å². The first-order valence-corrected chi connectivity index (χ1v) is 6.98. The van der Waals surface area contributed by atoms with Crippen molar-refractivity contribution < 1.29 is 18.0 Å². The fourth-order valence-electron chi connectivity index (χ4n) is 2.01. The number of hydrogen-bond donors (Lipinski definition) is 0. The predicted octanol–water partition coefficient (Wildman–Crippen LogP) is 4.17. The van der Waals surface area contributed by atoms with Gasteiger partial charge in [-0.25, -0.2) is 0 Å². The molecule has 20 heavy (non-hydrogen) atoms. The molecule has 0 spiro atoms. The molecule has 2 rings (SSSR count). The van der Waals surface area contributed by atoms with Crippen LogP contribution in [0.3, 0.4) is 0 Å². The number of anilines is 1. The minimum absolute atomic E-state index is 0.00441. The van der Waals surface area contributed by atoms with Gasteiger partial charge in [-0.05, 0) is 18.2 Å². The Bertz CT molecular complexity index is 535. The van der Waals surface area contributed by atoms with Crippen molar-refractivity contribution in [2.24, 2.45) is 5.92 Å². The minimum Gasteiger partial charge on any atom is -0.309 e. The van der Waals surface area contributed by atoms with Crippen molar-refractivity contribution in [3.05, 3.63) is 28.8 Å². The SMILES string of the molecule is O=C1C(Cl)C(CCl)CN1c1cc(C(F)(F)F)ccc1Cl. The highest BCUT2D eigenvalue weighted by molar-refractivity contribution is 6.37. The predicted molar refractivity (Wildman–Crippen MR) is 72.7 cm³/mol. The quantitative estimate of drug-likeness (QED) is 0.736. The molecule has 0 aliphatic carbocycles. The lowest BCUT2D eigenvalue weighted by Crippen LogP contribution is -2.27. The van der Waals surface area contributed by atoms with Crippen molar-refractivity contribution in [2.45, 2.75) is 11.6 Å². The smallest absolute Gasteiger partial charge is 0.309 e. The van der Waals surface area contributed by atoms with E-state index in [0.29, 0.717) is 0 Å². The lowest BCUT2D eigenvalue weighted by molar-refractivity contribution is -0.137. The molecule has 2 nitrogen and oxygen atoms in total. The van der Waals surface area contributed by atoms with Crippen molar-refractivity contribution >= 4 is 46.4 Å². The summed E-state index contributed by atoms with van der Waals surface area (Å²) in [5, 5.41) is -0.788. The van der Waals surface area contributed by atoms with Gasteiger partial charge in [-0.15, -0.1) is 23.2 Å². The molecule has 1 amide bonds. The van der Waals surface area contributed by atoms with Crippen LogP contribution in [0.5, 0.6) is 0 Å². The maximum Gasteiger partial charge on any atom is 0.416 e. The van der Waals surface area contributed by atoms with Crippen LogP contribution in [0, 0.1) is 5.92 Å². The number of halogens is 6. The Balaban J connectivity index is 2.40. The second kappa shape index (κ2) is 5.62. The van der Waals surface area contributed by atoms with Gasteiger partial charge in [0.25, 0.3) is 0 Å². The van der Waals surface area contributed by atoms with Crippen molar-refractivity contribution in [3.8, 4) is 0 Å². The largest absolute Gasteiger partial charge is 0.416 e. The third-order valence-corrected chi connectivity index (χ3v) is 4.35. The monoisotopic (exact) mass is 345 g/mol. The third kappa shape index (κ3) is 2.85. The molecule has 1 aromatic rings. The molecule has 1 aromatic carbocycles. The van der Waals surface area contributed by atoms with Crippen LogP contribution < -0.4 is 4.90 Å². The summed E-state index contributed by atoms with van der Waals surface area (Å²) < 4.78 is 38.1. The first-order valence-electron chi connectivity index (χ1n) is 5.64. The standard InChI is InChI=1S/C12H9Cl3F3NO/c13-4-6-5-19(11(20)10(6)15)9-3-7(12(16,17)18)1-2-8(9)14/h1-3,6,10H,4-5H2. The molecule has 0 N–H and O–H groups in total. The molecule has 1 aliphatic rings. The molecular weight excluding hydrogens is 337 g/mol. The average molecular weight is 347 g/mol. The maximum atomic E-state index is 12.7. The average Bonchev–Trinajstić information content (AvgIpc) is 2.65. The molecule has 1 fully saturated rings. The van der Waals surface area contributed by atoms with Crippen molar-refractivity contribution in [3.63, 3.8) is 0 Å². The first kappa shape index (κ1) is 15.7. The summed E-state index contributed by atoms with van der Waals surface area (Å²) in [7, 11) is 0. The van der Waals surface area contributed by atoms with Crippen molar-refractivity contribution in [1.29, 1.82) is 0 Å². The maximum absolute atomic E-state index is 12.7. The van der Waals surface area contributed by atoms with Gasteiger partial charge in [-0.2, -0.15) is 13.2 Å². The normalized spacial score (nSPS) is 23.5.